The summed E-state index contributed by atoms with van der Waals surface area (Å²) in [7, 11) is 2.02. The van der Waals surface area contributed by atoms with Crippen molar-refractivity contribution >= 4 is 10.9 Å². The molecule has 0 unspecified atom stereocenters. The molecule has 0 radical (unpaired) electrons. The van der Waals surface area contributed by atoms with Crippen molar-refractivity contribution in [1.82, 2.24) is 9.55 Å². The molecule has 17 heavy (non-hydrogen) atoms. The molecule has 86 valence electrons. The van der Waals surface area contributed by atoms with Gasteiger partial charge in [-0.05, 0) is 6.07 Å². The SMILES string of the molecule is Cn1cc(-c2cnc(CN)o2)c2ccccc21. The number of rotatable bonds is 2. The van der Waals surface area contributed by atoms with Crippen LogP contribution >= 0.6 is 0 Å². The van der Waals surface area contributed by atoms with E-state index >= 15 is 0 Å². The minimum atomic E-state index is 0.324. The van der Waals surface area contributed by atoms with Gasteiger partial charge in [-0.3, -0.25) is 0 Å². The van der Waals surface area contributed by atoms with Gasteiger partial charge in [-0.15, -0.1) is 0 Å². The Hall–Kier alpha value is -2.07. The Balaban J connectivity index is 2.23. The van der Waals surface area contributed by atoms with E-state index < -0.39 is 0 Å². The molecule has 2 aromatic heterocycles. The lowest BCUT2D eigenvalue weighted by molar-refractivity contribution is 0.510. The van der Waals surface area contributed by atoms with Gasteiger partial charge >= 0.3 is 0 Å². The van der Waals surface area contributed by atoms with Crippen LogP contribution in [0.4, 0.5) is 0 Å². The fourth-order valence-corrected chi connectivity index (χ4v) is 2.07. The maximum Gasteiger partial charge on any atom is 0.208 e. The average Bonchev–Trinajstić information content (AvgIpc) is 2.95. The van der Waals surface area contributed by atoms with Crippen molar-refractivity contribution < 1.29 is 4.42 Å². The van der Waals surface area contributed by atoms with E-state index in [4.69, 9.17) is 10.2 Å². The fourth-order valence-electron chi connectivity index (χ4n) is 2.07. The van der Waals surface area contributed by atoms with Crippen LogP contribution in [0.5, 0.6) is 0 Å². The lowest BCUT2D eigenvalue weighted by atomic mass is 10.1. The summed E-state index contributed by atoms with van der Waals surface area (Å²) in [5, 5.41) is 1.16. The molecule has 1 aromatic carbocycles. The van der Waals surface area contributed by atoms with E-state index in [-0.39, 0.29) is 0 Å². The fraction of sp³-hybridized carbons (Fsp3) is 0.154. The van der Waals surface area contributed by atoms with Gasteiger partial charge in [-0.25, -0.2) is 4.98 Å². The van der Waals surface area contributed by atoms with Crippen molar-refractivity contribution in [1.29, 1.82) is 0 Å². The molecule has 3 aromatic rings. The number of aromatic nitrogens is 2. The molecule has 0 aliphatic rings. The van der Waals surface area contributed by atoms with Crippen LogP contribution in [0.25, 0.3) is 22.2 Å². The van der Waals surface area contributed by atoms with Crippen LogP contribution in [0.1, 0.15) is 5.89 Å². The molecular formula is C13H13N3O. The molecule has 0 spiro atoms. The number of benzene rings is 1. The Kier molecular flexibility index (Phi) is 2.23. The van der Waals surface area contributed by atoms with E-state index in [1.54, 1.807) is 6.20 Å². The zero-order valence-corrected chi connectivity index (χ0v) is 9.55. The van der Waals surface area contributed by atoms with Crippen LogP contribution < -0.4 is 5.73 Å². The molecule has 0 bridgehead atoms. The summed E-state index contributed by atoms with van der Waals surface area (Å²) in [6.45, 7) is 0.324. The molecule has 0 aliphatic heterocycles. The molecule has 0 saturated carbocycles. The zero-order chi connectivity index (χ0) is 11.8. The molecule has 4 heteroatoms. The molecule has 0 aliphatic carbocycles. The first-order chi connectivity index (χ1) is 8.29. The van der Waals surface area contributed by atoms with Gasteiger partial charge in [0.2, 0.25) is 5.89 Å². The first-order valence-corrected chi connectivity index (χ1v) is 5.49. The Labute approximate surface area is 98.7 Å². The number of hydrogen-bond donors (Lipinski definition) is 1. The highest BCUT2D eigenvalue weighted by molar-refractivity contribution is 5.94. The van der Waals surface area contributed by atoms with Gasteiger partial charge in [0.1, 0.15) is 0 Å². The molecule has 4 nitrogen and oxygen atoms in total. The van der Waals surface area contributed by atoms with Crippen molar-refractivity contribution in [2.24, 2.45) is 12.8 Å². The van der Waals surface area contributed by atoms with Gasteiger partial charge in [0.05, 0.1) is 12.7 Å². The summed E-state index contributed by atoms with van der Waals surface area (Å²) >= 11 is 0. The van der Waals surface area contributed by atoms with Crippen molar-refractivity contribution in [3.8, 4) is 11.3 Å². The van der Waals surface area contributed by atoms with Crippen LogP contribution in [0.2, 0.25) is 0 Å². The summed E-state index contributed by atoms with van der Waals surface area (Å²) in [4.78, 5) is 4.13. The normalized spacial score (nSPS) is 11.2. The van der Waals surface area contributed by atoms with Crippen molar-refractivity contribution in [3.05, 3.63) is 42.5 Å². The van der Waals surface area contributed by atoms with Crippen LogP contribution in [-0.4, -0.2) is 9.55 Å². The number of nitrogens with zero attached hydrogens (tertiary/aromatic N) is 2. The van der Waals surface area contributed by atoms with Gasteiger partial charge in [-0.2, -0.15) is 0 Å². The molecular weight excluding hydrogens is 214 g/mol. The third-order valence-corrected chi connectivity index (χ3v) is 2.89. The van der Waals surface area contributed by atoms with E-state index in [1.165, 1.54) is 5.52 Å². The van der Waals surface area contributed by atoms with Crippen LogP contribution in [0.15, 0.2) is 41.1 Å². The van der Waals surface area contributed by atoms with Crippen LogP contribution in [0.3, 0.4) is 0 Å². The van der Waals surface area contributed by atoms with Gasteiger partial charge in [0.15, 0.2) is 5.76 Å². The minimum absolute atomic E-state index is 0.324. The molecule has 0 atom stereocenters. The van der Waals surface area contributed by atoms with Crippen LogP contribution in [-0.2, 0) is 13.6 Å². The highest BCUT2D eigenvalue weighted by Gasteiger charge is 2.11. The molecule has 2 heterocycles. The maximum atomic E-state index is 5.59. The Morgan fingerprint density at radius 1 is 1.35 bits per heavy atom. The van der Waals surface area contributed by atoms with Crippen molar-refractivity contribution in [3.63, 3.8) is 0 Å². The van der Waals surface area contributed by atoms with E-state index in [0.29, 0.717) is 12.4 Å². The van der Waals surface area contributed by atoms with E-state index in [2.05, 4.69) is 21.7 Å². The monoisotopic (exact) mass is 227 g/mol. The quantitative estimate of drug-likeness (QED) is 0.730. The number of fused-ring (bicyclic) bond motifs is 1. The van der Waals surface area contributed by atoms with Crippen molar-refractivity contribution in [2.75, 3.05) is 0 Å². The predicted molar refractivity (Wildman–Crippen MR) is 66.3 cm³/mol. The minimum Gasteiger partial charge on any atom is -0.439 e. The number of aryl methyl sites for hydroxylation is 1. The summed E-state index contributed by atoms with van der Waals surface area (Å²) < 4.78 is 7.67. The lowest BCUT2D eigenvalue weighted by Gasteiger charge is -1.93. The van der Waals surface area contributed by atoms with Gasteiger partial charge in [0, 0.05) is 29.7 Å². The number of nitrogens with two attached hydrogens (primary N) is 1. The summed E-state index contributed by atoms with van der Waals surface area (Å²) in [5.41, 5.74) is 7.72. The second-order valence-corrected chi connectivity index (χ2v) is 3.99. The number of hydrogen-bond acceptors (Lipinski definition) is 3. The smallest absolute Gasteiger partial charge is 0.208 e. The van der Waals surface area contributed by atoms with Gasteiger partial charge in [0.25, 0.3) is 0 Å². The first kappa shape index (κ1) is 10.1. The topological polar surface area (TPSA) is 57.0 Å². The average molecular weight is 227 g/mol. The summed E-state index contributed by atoms with van der Waals surface area (Å²) in [6, 6.07) is 8.21. The number of para-hydroxylation sites is 1. The van der Waals surface area contributed by atoms with Gasteiger partial charge in [-0.1, -0.05) is 18.2 Å². The largest absolute Gasteiger partial charge is 0.439 e. The summed E-state index contributed by atoms with van der Waals surface area (Å²) in [5.74, 6) is 1.33. The van der Waals surface area contributed by atoms with E-state index in [0.717, 1.165) is 16.7 Å². The Bertz CT molecular complexity index is 666. The standard InChI is InChI=1S/C13H13N3O/c1-16-8-10(9-4-2-3-5-11(9)16)12-7-15-13(6-14)17-12/h2-5,7-8H,6,14H2,1H3. The zero-order valence-electron chi connectivity index (χ0n) is 9.55. The molecule has 3 rings (SSSR count). The van der Waals surface area contributed by atoms with E-state index in [9.17, 15) is 0 Å². The lowest BCUT2D eigenvalue weighted by Crippen LogP contribution is -1.94. The van der Waals surface area contributed by atoms with Crippen LogP contribution in [0, 0.1) is 0 Å². The Morgan fingerprint density at radius 2 is 2.18 bits per heavy atom. The number of oxazole rings is 1. The second-order valence-electron chi connectivity index (χ2n) is 3.99. The third kappa shape index (κ3) is 1.54. The van der Waals surface area contributed by atoms with E-state index in [1.807, 2.05) is 25.4 Å². The Morgan fingerprint density at radius 3 is 2.94 bits per heavy atom. The highest BCUT2D eigenvalue weighted by Crippen LogP contribution is 2.30. The van der Waals surface area contributed by atoms with Crippen molar-refractivity contribution in [2.45, 2.75) is 6.54 Å². The maximum absolute atomic E-state index is 5.59. The highest BCUT2D eigenvalue weighted by atomic mass is 16.4. The van der Waals surface area contributed by atoms with Gasteiger partial charge < -0.3 is 14.7 Å². The molecule has 0 fully saturated rings. The summed E-state index contributed by atoms with van der Waals surface area (Å²) in [6.07, 6.45) is 3.77. The first-order valence-electron chi connectivity index (χ1n) is 5.49. The molecule has 0 amide bonds. The molecule has 0 saturated heterocycles. The molecule has 2 N–H and O–H groups in total. The second kappa shape index (κ2) is 3.75. The predicted octanol–water partition coefficient (Wildman–Crippen LogP) is 2.29. The third-order valence-electron chi connectivity index (χ3n) is 2.89.